The molecule has 0 saturated carbocycles. The number of aryl methyl sites for hydroxylation is 1. The van der Waals surface area contributed by atoms with Gasteiger partial charge in [-0.2, -0.15) is 0 Å². The molecule has 3 nitrogen and oxygen atoms in total. The monoisotopic (exact) mass is 264 g/mol. The second-order valence-electron chi connectivity index (χ2n) is 5.02. The van der Waals surface area contributed by atoms with E-state index >= 15 is 0 Å². The lowest BCUT2D eigenvalue weighted by Gasteiger charge is -2.26. The topological polar surface area (TPSA) is 46.5 Å². The number of aliphatic hydroxyl groups is 1. The first kappa shape index (κ1) is 15.7. The summed E-state index contributed by atoms with van der Waals surface area (Å²) in [5, 5.41) is 10.6. The fraction of sp³-hybridized carbons (Fsp3) is 0.562. The van der Waals surface area contributed by atoms with Gasteiger partial charge in [-0.1, -0.05) is 45.0 Å². The van der Waals surface area contributed by atoms with Gasteiger partial charge in [0.1, 0.15) is 0 Å². The maximum Gasteiger partial charge on any atom is 0.312 e. The third kappa shape index (κ3) is 3.80. The summed E-state index contributed by atoms with van der Waals surface area (Å²) in [5.41, 5.74) is 1.90. The van der Waals surface area contributed by atoms with Crippen molar-refractivity contribution < 1.29 is 14.6 Å². The van der Waals surface area contributed by atoms with E-state index in [0.717, 1.165) is 17.5 Å². The average molecular weight is 264 g/mol. The van der Waals surface area contributed by atoms with E-state index in [9.17, 15) is 9.90 Å². The lowest BCUT2D eigenvalue weighted by Crippen LogP contribution is -2.29. The Morgan fingerprint density at radius 3 is 2.42 bits per heavy atom. The zero-order chi connectivity index (χ0) is 14.4. The van der Waals surface area contributed by atoms with Gasteiger partial charge in [0.05, 0.1) is 18.6 Å². The number of rotatable bonds is 6. The Balaban J connectivity index is 3.05. The number of hydrogen-bond acceptors (Lipinski definition) is 3. The van der Waals surface area contributed by atoms with Crippen LogP contribution in [0.4, 0.5) is 0 Å². The van der Waals surface area contributed by atoms with Gasteiger partial charge < -0.3 is 9.84 Å². The standard InChI is InChI=1S/C16H24O3/c1-5-12-9-7-8-10-13(12)15(17)14(11(3)4)16(18)19-6-2/h7-11,14-15,17H,5-6H2,1-4H3. The fourth-order valence-electron chi connectivity index (χ4n) is 2.34. The first-order chi connectivity index (χ1) is 9.02. The molecular formula is C16H24O3. The van der Waals surface area contributed by atoms with Crippen molar-refractivity contribution in [3.05, 3.63) is 35.4 Å². The maximum atomic E-state index is 12.0. The number of aliphatic hydroxyl groups excluding tert-OH is 1. The highest BCUT2D eigenvalue weighted by Gasteiger charge is 2.32. The molecule has 0 aliphatic carbocycles. The van der Waals surface area contributed by atoms with Gasteiger partial charge in [0.15, 0.2) is 0 Å². The third-order valence-electron chi connectivity index (χ3n) is 3.37. The number of carbonyl (C=O) groups excluding carboxylic acids is 1. The van der Waals surface area contributed by atoms with E-state index in [4.69, 9.17) is 4.74 Å². The van der Waals surface area contributed by atoms with Crippen LogP contribution in [0.5, 0.6) is 0 Å². The van der Waals surface area contributed by atoms with Crippen LogP contribution in [0, 0.1) is 11.8 Å². The third-order valence-corrected chi connectivity index (χ3v) is 3.37. The van der Waals surface area contributed by atoms with Gasteiger partial charge >= 0.3 is 5.97 Å². The van der Waals surface area contributed by atoms with Crippen LogP contribution < -0.4 is 0 Å². The molecule has 0 radical (unpaired) electrons. The van der Waals surface area contributed by atoms with E-state index in [0.29, 0.717) is 6.61 Å². The minimum Gasteiger partial charge on any atom is -0.466 e. The number of ether oxygens (including phenoxy) is 1. The van der Waals surface area contributed by atoms with Crippen LogP contribution in [0.25, 0.3) is 0 Å². The molecule has 0 aliphatic rings. The number of benzene rings is 1. The molecule has 0 amide bonds. The summed E-state index contributed by atoms with van der Waals surface area (Å²) in [6.45, 7) is 8.02. The van der Waals surface area contributed by atoms with Crippen LogP contribution in [0.2, 0.25) is 0 Å². The summed E-state index contributed by atoms with van der Waals surface area (Å²) in [6, 6.07) is 7.71. The van der Waals surface area contributed by atoms with Crippen LogP contribution in [0.15, 0.2) is 24.3 Å². The lowest BCUT2D eigenvalue weighted by atomic mass is 9.84. The summed E-state index contributed by atoms with van der Waals surface area (Å²) < 4.78 is 5.08. The smallest absolute Gasteiger partial charge is 0.312 e. The van der Waals surface area contributed by atoms with E-state index in [1.165, 1.54) is 0 Å². The van der Waals surface area contributed by atoms with Crippen molar-refractivity contribution in [3.63, 3.8) is 0 Å². The van der Waals surface area contributed by atoms with Crippen molar-refractivity contribution in [2.24, 2.45) is 11.8 Å². The summed E-state index contributed by atoms with van der Waals surface area (Å²) in [4.78, 5) is 12.0. The van der Waals surface area contributed by atoms with Crippen LogP contribution in [-0.4, -0.2) is 17.7 Å². The molecule has 106 valence electrons. The lowest BCUT2D eigenvalue weighted by molar-refractivity contribution is -0.154. The predicted molar refractivity (Wildman–Crippen MR) is 75.7 cm³/mol. The van der Waals surface area contributed by atoms with Gasteiger partial charge in [-0.05, 0) is 30.4 Å². The van der Waals surface area contributed by atoms with Crippen molar-refractivity contribution >= 4 is 5.97 Å². The van der Waals surface area contributed by atoms with E-state index < -0.39 is 12.0 Å². The molecule has 0 aliphatic heterocycles. The SMILES string of the molecule is CCOC(=O)C(C(C)C)C(O)c1ccccc1CC. The van der Waals surface area contributed by atoms with Gasteiger partial charge in [-0.25, -0.2) is 0 Å². The summed E-state index contributed by atoms with van der Waals surface area (Å²) >= 11 is 0. The summed E-state index contributed by atoms with van der Waals surface area (Å²) in [6.07, 6.45) is 0.0242. The normalized spacial score (nSPS) is 14.2. The molecule has 1 aromatic rings. The van der Waals surface area contributed by atoms with Gasteiger partial charge in [0.25, 0.3) is 0 Å². The van der Waals surface area contributed by atoms with Crippen LogP contribution in [-0.2, 0) is 16.0 Å². The molecule has 3 heteroatoms. The summed E-state index contributed by atoms with van der Waals surface area (Å²) in [5.74, 6) is -0.817. The van der Waals surface area contributed by atoms with E-state index in [2.05, 4.69) is 0 Å². The van der Waals surface area contributed by atoms with E-state index in [-0.39, 0.29) is 11.9 Å². The fourth-order valence-corrected chi connectivity index (χ4v) is 2.34. The molecule has 1 N–H and O–H groups in total. The molecule has 2 atom stereocenters. The highest BCUT2D eigenvalue weighted by molar-refractivity contribution is 5.73. The molecule has 0 aromatic heterocycles. The molecule has 1 aromatic carbocycles. The van der Waals surface area contributed by atoms with Crippen molar-refractivity contribution in [1.29, 1.82) is 0 Å². The minimum atomic E-state index is -0.810. The molecular weight excluding hydrogens is 240 g/mol. The Morgan fingerprint density at radius 1 is 1.26 bits per heavy atom. The van der Waals surface area contributed by atoms with Crippen LogP contribution >= 0.6 is 0 Å². The van der Waals surface area contributed by atoms with E-state index in [1.807, 2.05) is 45.0 Å². The molecule has 0 heterocycles. The second-order valence-corrected chi connectivity index (χ2v) is 5.02. The maximum absolute atomic E-state index is 12.0. The first-order valence-electron chi connectivity index (χ1n) is 6.95. The van der Waals surface area contributed by atoms with Crippen molar-refractivity contribution in [2.75, 3.05) is 6.61 Å². The largest absolute Gasteiger partial charge is 0.466 e. The molecule has 0 spiro atoms. The quantitative estimate of drug-likeness (QED) is 0.803. The zero-order valence-corrected chi connectivity index (χ0v) is 12.2. The predicted octanol–water partition coefficient (Wildman–Crippen LogP) is 3.12. The summed E-state index contributed by atoms with van der Waals surface area (Å²) in [7, 11) is 0. The Bertz CT molecular complexity index is 412. The molecule has 1 rings (SSSR count). The van der Waals surface area contributed by atoms with Gasteiger partial charge in [-0.15, -0.1) is 0 Å². The second kappa shape index (κ2) is 7.29. The first-order valence-corrected chi connectivity index (χ1v) is 6.95. The van der Waals surface area contributed by atoms with Crippen LogP contribution in [0.1, 0.15) is 44.9 Å². The number of hydrogen-bond donors (Lipinski definition) is 1. The Hall–Kier alpha value is -1.35. The molecule has 0 bridgehead atoms. The Kier molecular flexibility index (Phi) is 6.03. The molecule has 19 heavy (non-hydrogen) atoms. The van der Waals surface area contributed by atoms with Gasteiger partial charge in [0, 0.05) is 0 Å². The molecule has 0 fully saturated rings. The van der Waals surface area contributed by atoms with Gasteiger partial charge in [0.2, 0.25) is 0 Å². The van der Waals surface area contributed by atoms with Crippen molar-refractivity contribution in [2.45, 2.75) is 40.2 Å². The number of carbonyl (C=O) groups is 1. The number of esters is 1. The van der Waals surface area contributed by atoms with Crippen molar-refractivity contribution in [1.82, 2.24) is 0 Å². The van der Waals surface area contributed by atoms with Crippen LogP contribution in [0.3, 0.4) is 0 Å². The molecule has 2 unspecified atom stereocenters. The molecule has 0 saturated heterocycles. The van der Waals surface area contributed by atoms with Gasteiger partial charge in [-0.3, -0.25) is 4.79 Å². The Labute approximate surface area is 115 Å². The minimum absolute atomic E-state index is 0.0268. The van der Waals surface area contributed by atoms with Crippen molar-refractivity contribution in [3.8, 4) is 0 Å². The Morgan fingerprint density at radius 2 is 1.89 bits per heavy atom. The average Bonchev–Trinajstić information content (AvgIpc) is 2.38. The highest BCUT2D eigenvalue weighted by atomic mass is 16.5. The van der Waals surface area contributed by atoms with E-state index in [1.54, 1.807) is 6.92 Å². The zero-order valence-electron chi connectivity index (χ0n) is 12.2. The highest BCUT2D eigenvalue weighted by Crippen LogP contribution is 2.31.